The summed E-state index contributed by atoms with van der Waals surface area (Å²) >= 11 is 0. The van der Waals surface area contributed by atoms with Crippen LogP contribution in [0.1, 0.15) is 39.0 Å². The summed E-state index contributed by atoms with van der Waals surface area (Å²) in [5, 5.41) is 10.0. The molecule has 1 N–H and O–H groups in total. The van der Waals surface area contributed by atoms with Crippen molar-refractivity contribution < 1.29 is 5.11 Å². The van der Waals surface area contributed by atoms with Gasteiger partial charge in [-0.05, 0) is 18.6 Å². The van der Waals surface area contributed by atoms with E-state index in [1.165, 1.54) is 19.3 Å². The van der Waals surface area contributed by atoms with Gasteiger partial charge in [0.25, 0.3) is 0 Å². The highest BCUT2D eigenvalue weighted by atomic mass is 16.3. The van der Waals surface area contributed by atoms with Gasteiger partial charge in [-0.1, -0.05) is 44.7 Å². The maximum absolute atomic E-state index is 10.0. The Kier molecular flexibility index (Phi) is 4.76. The smallest absolute Gasteiger partial charge is 0.0959 e. The Hall–Kier alpha value is -1.35. The van der Waals surface area contributed by atoms with Gasteiger partial charge in [-0.25, -0.2) is 4.98 Å². The SMILES string of the molecule is CCCCCCC(O)Cn1cnc2ccccc21. The molecule has 1 atom stereocenters. The summed E-state index contributed by atoms with van der Waals surface area (Å²) in [4.78, 5) is 4.33. The summed E-state index contributed by atoms with van der Waals surface area (Å²) in [6, 6.07) is 8.04. The van der Waals surface area contributed by atoms with Gasteiger partial charge in [-0.2, -0.15) is 0 Å². The second-order valence-corrected chi connectivity index (χ2v) is 4.89. The average Bonchev–Trinajstić information content (AvgIpc) is 2.78. The number of aromatic nitrogens is 2. The third-order valence-corrected chi connectivity index (χ3v) is 3.33. The van der Waals surface area contributed by atoms with E-state index in [1.54, 1.807) is 0 Å². The zero-order chi connectivity index (χ0) is 12.8. The summed E-state index contributed by atoms with van der Waals surface area (Å²) in [6.45, 7) is 2.85. The van der Waals surface area contributed by atoms with Gasteiger partial charge < -0.3 is 9.67 Å². The van der Waals surface area contributed by atoms with Crippen LogP contribution in [-0.2, 0) is 6.54 Å². The highest BCUT2D eigenvalue weighted by Crippen LogP contribution is 2.14. The number of hydrogen-bond donors (Lipinski definition) is 1. The van der Waals surface area contributed by atoms with E-state index in [2.05, 4.69) is 11.9 Å². The Balaban J connectivity index is 1.88. The third-order valence-electron chi connectivity index (χ3n) is 3.33. The lowest BCUT2D eigenvalue weighted by atomic mass is 10.1. The van der Waals surface area contributed by atoms with Crippen LogP contribution in [0.4, 0.5) is 0 Å². The molecular weight excluding hydrogens is 224 g/mol. The molecule has 1 aromatic heterocycles. The lowest BCUT2D eigenvalue weighted by molar-refractivity contribution is 0.142. The minimum absolute atomic E-state index is 0.264. The minimum atomic E-state index is -0.264. The highest BCUT2D eigenvalue weighted by Gasteiger charge is 2.07. The van der Waals surface area contributed by atoms with Crippen LogP contribution in [0.15, 0.2) is 30.6 Å². The molecule has 0 amide bonds. The van der Waals surface area contributed by atoms with Crippen molar-refractivity contribution in [2.75, 3.05) is 0 Å². The second kappa shape index (κ2) is 6.55. The summed E-state index contributed by atoms with van der Waals surface area (Å²) in [5.41, 5.74) is 2.10. The molecule has 3 heteroatoms. The normalized spacial score (nSPS) is 13.0. The number of fused-ring (bicyclic) bond motifs is 1. The summed E-state index contributed by atoms with van der Waals surface area (Å²) < 4.78 is 2.04. The minimum Gasteiger partial charge on any atom is -0.391 e. The number of unbranched alkanes of at least 4 members (excludes halogenated alkanes) is 3. The Morgan fingerprint density at radius 2 is 2.06 bits per heavy atom. The summed E-state index contributed by atoms with van der Waals surface area (Å²) in [5.74, 6) is 0. The van der Waals surface area contributed by atoms with Gasteiger partial charge in [0.15, 0.2) is 0 Å². The molecule has 0 bridgehead atoms. The lowest BCUT2D eigenvalue weighted by Crippen LogP contribution is -2.15. The van der Waals surface area contributed by atoms with Crippen LogP contribution in [0.5, 0.6) is 0 Å². The summed E-state index contributed by atoms with van der Waals surface area (Å²) in [7, 11) is 0. The van der Waals surface area contributed by atoms with Crippen LogP contribution in [0.3, 0.4) is 0 Å². The van der Waals surface area contributed by atoms with Crippen molar-refractivity contribution >= 4 is 11.0 Å². The first-order chi connectivity index (χ1) is 8.81. The Bertz CT molecular complexity index is 478. The van der Waals surface area contributed by atoms with Crippen molar-refractivity contribution in [3.8, 4) is 0 Å². The van der Waals surface area contributed by atoms with Crippen molar-refractivity contribution in [2.45, 2.75) is 51.7 Å². The van der Waals surface area contributed by atoms with Crippen molar-refractivity contribution in [3.05, 3.63) is 30.6 Å². The monoisotopic (exact) mass is 246 g/mol. The van der Waals surface area contributed by atoms with Crippen molar-refractivity contribution in [2.24, 2.45) is 0 Å². The molecule has 2 rings (SSSR count). The number of para-hydroxylation sites is 2. The number of hydrogen-bond acceptors (Lipinski definition) is 2. The Labute approximate surface area is 108 Å². The van der Waals surface area contributed by atoms with Crippen LogP contribution in [0.25, 0.3) is 11.0 Å². The van der Waals surface area contributed by atoms with Gasteiger partial charge in [0.1, 0.15) is 0 Å². The van der Waals surface area contributed by atoms with Gasteiger partial charge in [0.05, 0.1) is 30.0 Å². The van der Waals surface area contributed by atoms with Crippen LogP contribution < -0.4 is 0 Å². The first kappa shape index (κ1) is 13.1. The molecule has 98 valence electrons. The number of imidazole rings is 1. The number of nitrogens with zero attached hydrogens (tertiary/aromatic N) is 2. The molecule has 1 unspecified atom stereocenters. The van der Waals surface area contributed by atoms with Crippen molar-refractivity contribution in [3.63, 3.8) is 0 Å². The number of rotatable bonds is 7. The van der Waals surface area contributed by atoms with Crippen molar-refractivity contribution in [1.29, 1.82) is 0 Å². The quantitative estimate of drug-likeness (QED) is 0.761. The van der Waals surface area contributed by atoms with Gasteiger partial charge >= 0.3 is 0 Å². The maximum atomic E-state index is 10.0. The Morgan fingerprint density at radius 3 is 2.89 bits per heavy atom. The fraction of sp³-hybridized carbons (Fsp3) is 0.533. The zero-order valence-electron chi connectivity index (χ0n) is 11.0. The molecule has 0 aliphatic heterocycles. The van der Waals surface area contributed by atoms with E-state index in [9.17, 15) is 5.11 Å². The molecule has 0 spiro atoms. The van der Waals surface area contributed by atoms with Gasteiger partial charge in [0.2, 0.25) is 0 Å². The maximum Gasteiger partial charge on any atom is 0.0959 e. The van der Waals surface area contributed by atoms with E-state index in [0.29, 0.717) is 6.54 Å². The molecule has 1 aromatic carbocycles. The fourth-order valence-electron chi connectivity index (χ4n) is 2.28. The molecule has 0 saturated carbocycles. The molecule has 3 nitrogen and oxygen atoms in total. The number of benzene rings is 1. The predicted octanol–water partition coefficient (Wildman–Crippen LogP) is 3.37. The van der Waals surface area contributed by atoms with E-state index in [4.69, 9.17) is 0 Å². The molecular formula is C15H22N2O. The molecule has 0 fully saturated rings. The summed E-state index contributed by atoms with van der Waals surface area (Å²) in [6.07, 6.45) is 7.27. The molecule has 1 heterocycles. The Morgan fingerprint density at radius 1 is 1.22 bits per heavy atom. The topological polar surface area (TPSA) is 38.0 Å². The molecule has 2 aromatic rings. The first-order valence-electron chi connectivity index (χ1n) is 6.89. The third kappa shape index (κ3) is 3.33. The second-order valence-electron chi connectivity index (χ2n) is 4.89. The fourth-order valence-corrected chi connectivity index (χ4v) is 2.28. The first-order valence-corrected chi connectivity index (χ1v) is 6.89. The van der Waals surface area contributed by atoms with Crippen LogP contribution in [0.2, 0.25) is 0 Å². The highest BCUT2D eigenvalue weighted by molar-refractivity contribution is 5.74. The van der Waals surface area contributed by atoms with Crippen LogP contribution in [0, 0.1) is 0 Å². The van der Waals surface area contributed by atoms with E-state index >= 15 is 0 Å². The number of aliphatic hydroxyl groups is 1. The molecule has 0 aliphatic carbocycles. The zero-order valence-corrected chi connectivity index (χ0v) is 11.0. The van der Waals surface area contributed by atoms with E-state index in [0.717, 1.165) is 23.9 Å². The van der Waals surface area contributed by atoms with E-state index < -0.39 is 0 Å². The van der Waals surface area contributed by atoms with Gasteiger partial charge in [-0.15, -0.1) is 0 Å². The molecule has 0 saturated heterocycles. The van der Waals surface area contributed by atoms with Crippen molar-refractivity contribution in [1.82, 2.24) is 9.55 Å². The van der Waals surface area contributed by atoms with Crippen LogP contribution >= 0.6 is 0 Å². The number of aliphatic hydroxyl groups excluding tert-OH is 1. The van der Waals surface area contributed by atoms with Crippen LogP contribution in [-0.4, -0.2) is 20.8 Å². The molecule has 0 aliphatic rings. The van der Waals surface area contributed by atoms with E-state index in [-0.39, 0.29) is 6.10 Å². The predicted molar refractivity (Wildman–Crippen MR) is 74.5 cm³/mol. The standard InChI is InChI=1S/C15H22N2O/c1-2-3-4-5-8-13(18)11-17-12-16-14-9-6-7-10-15(14)17/h6-7,9-10,12-13,18H,2-5,8,11H2,1H3. The van der Waals surface area contributed by atoms with E-state index in [1.807, 2.05) is 35.2 Å². The largest absolute Gasteiger partial charge is 0.391 e. The lowest BCUT2D eigenvalue weighted by Gasteiger charge is -2.11. The average molecular weight is 246 g/mol. The molecule has 0 radical (unpaired) electrons. The van der Waals surface area contributed by atoms with Gasteiger partial charge in [-0.3, -0.25) is 0 Å². The van der Waals surface area contributed by atoms with Gasteiger partial charge in [0, 0.05) is 0 Å². The molecule has 18 heavy (non-hydrogen) atoms.